The number of nitrogen functional groups attached to an aromatic ring is 2. The molecule has 0 aliphatic carbocycles. The maximum absolute atomic E-state index is 16.0. The molecule has 0 spiro atoms. The molecule has 3 aliphatic heterocycles. The van der Waals surface area contributed by atoms with E-state index in [1.165, 1.54) is 10.9 Å². The number of nitrogens with two attached hydrogens (primary N) is 2. The first-order valence-electron chi connectivity index (χ1n) is 12.9. The first kappa shape index (κ1) is 30.3. The number of anilines is 2. The van der Waals surface area contributed by atoms with Gasteiger partial charge >= 0.3 is 17.0 Å². The number of hydrogen-bond donors (Lipinski definition) is 5. The van der Waals surface area contributed by atoms with Gasteiger partial charge in [-0.05, 0) is 11.8 Å². The zero-order chi connectivity index (χ0) is 31.8. The minimum absolute atomic E-state index is 0.0135. The Bertz CT molecular complexity index is 2010. The van der Waals surface area contributed by atoms with Crippen LogP contribution < -0.4 is 21.7 Å². The SMILES string of the molecule is Nc1nc2c(ncn2[C@@H]2O[C@@H]3CNS(=O)(=O)O[C@H]4[C@@H](F)[C@H](n5cnc6c(N)ncnc65)O[C@@H]4COP(O)(=S)O[C@H]3[C@H]2F)c(=O)[nH]1. The van der Waals surface area contributed by atoms with Crippen molar-refractivity contribution in [3.63, 3.8) is 0 Å². The average molecular weight is 694 g/mol. The van der Waals surface area contributed by atoms with Crippen LogP contribution in [0.1, 0.15) is 12.5 Å². The van der Waals surface area contributed by atoms with Gasteiger partial charge in [-0.1, -0.05) is 0 Å². The Morgan fingerprint density at radius 2 is 1.67 bits per heavy atom. The molecule has 7 heterocycles. The lowest BCUT2D eigenvalue weighted by Crippen LogP contribution is -2.45. The third kappa shape index (κ3) is 5.35. The number of imidazole rings is 2. The van der Waals surface area contributed by atoms with Crippen LogP contribution in [0.4, 0.5) is 20.5 Å². The molecule has 3 aliphatic rings. The summed E-state index contributed by atoms with van der Waals surface area (Å²) in [4.78, 5) is 45.1. The molecule has 3 fully saturated rings. The topological polar surface area (TPSA) is 272 Å². The highest BCUT2D eigenvalue weighted by Gasteiger charge is 2.53. The molecule has 0 bridgehead atoms. The zero-order valence-corrected chi connectivity index (χ0v) is 24.8. The summed E-state index contributed by atoms with van der Waals surface area (Å²) >= 11 is 5.10. The van der Waals surface area contributed by atoms with Crippen LogP contribution in [0.5, 0.6) is 0 Å². The Balaban J connectivity index is 1.17. The van der Waals surface area contributed by atoms with Crippen LogP contribution >= 0.6 is 6.72 Å². The molecule has 20 nitrogen and oxygen atoms in total. The molecule has 3 saturated heterocycles. The van der Waals surface area contributed by atoms with Crippen molar-refractivity contribution in [2.24, 2.45) is 0 Å². The van der Waals surface area contributed by atoms with E-state index in [2.05, 4.69) is 34.6 Å². The molecule has 45 heavy (non-hydrogen) atoms. The molecule has 4 aromatic heterocycles. The van der Waals surface area contributed by atoms with E-state index in [0.29, 0.717) is 0 Å². The number of H-pyrrole nitrogens is 1. The van der Waals surface area contributed by atoms with Gasteiger partial charge in [-0.2, -0.15) is 18.1 Å². The third-order valence-electron chi connectivity index (χ3n) is 7.28. The van der Waals surface area contributed by atoms with Gasteiger partial charge in [0.05, 0.1) is 19.3 Å². The van der Waals surface area contributed by atoms with Gasteiger partial charge in [0, 0.05) is 6.54 Å². The Morgan fingerprint density at radius 1 is 1.00 bits per heavy atom. The van der Waals surface area contributed by atoms with Crippen LogP contribution in [-0.4, -0.2) is 102 Å². The smallest absolute Gasteiger partial charge is 0.336 e. The summed E-state index contributed by atoms with van der Waals surface area (Å²) in [6, 6.07) is 0. The number of nitrogens with zero attached hydrogens (tertiary/aromatic N) is 7. The molecule has 242 valence electrons. The van der Waals surface area contributed by atoms with E-state index in [1.54, 1.807) is 0 Å². The summed E-state index contributed by atoms with van der Waals surface area (Å²) in [5, 5.41) is 0. The van der Waals surface area contributed by atoms with Crippen molar-refractivity contribution in [1.29, 1.82) is 0 Å². The van der Waals surface area contributed by atoms with Crippen molar-refractivity contribution in [1.82, 2.24) is 43.8 Å². The largest absolute Gasteiger partial charge is 0.382 e. The minimum atomic E-state index is -4.77. The summed E-state index contributed by atoms with van der Waals surface area (Å²) in [5.74, 6) is -0.269. The monoisotopic (exact) mass is 693 g/mol. The van der Waals surface area contributed by atoms with E-state index < -0.39 is 84.9 Å². The molecule has 7 N–H and O–H groups in total. The van der Waals surface area contributed by atoms with Gasteiger partial charge in [0.2, 0.25) is 5.95 Å². The molecule has 0 aromatic carbocycles. The summed E-state index contributed by atoms with van der Waals surface area (Å²) in [7, 11) is -4.77. The molecule has 0 amide bonds. The lowest BCUT2D eigenvalue weighted by atomic mass is 10.1. The van der Waals surface area contributed by atoms with Crippen LogP contribution in [0, 0.1) is 0 Å². The first-order chi connectivity index (χ1) is 21.3. The van der Waals surface area contributed by atoms with Crippen LogP contribution in [0.25, 0.3) is 22.3 Å². The number of fused-ring (bicyclic) bond motifs is 4. The molecular weight excluding hydrogens is 671 g/mol. The lowest BCUT2D eigenvalue weighted by Gasteiger charge is -2.27. The number of aromatic nitrogens is 8. The number of aromatic amines is 1. The normalized spacial score (nSPS) is 35.5. The molecule has 7 rings (SSSR count). The lowest BCUT2D eigenvalue weighted by molar-refractivity contribution is -0.0454. The summed E-state index contributed by atoms with van der Waals surface area (Å²) in [6.07, 6.45) is -10.5. The molecule has 1 unspecified atom stereocenters. The Labute approximate surface area is 254 Å². The quantitative estimate of drug-likeness (QED) is 0.149. The highest BCUT2D eigenvalue weighted by Crippen LogP contribution is 2.50. The van der Waals surface area contributed by atoms with Crippen LogP contribution in [0.2, 0.25) is 0 Å². The van der Waals surface area contributed by atoms with Gasteiger partial charge in [0.1, 0.15) is 36.3 Å². The Kier molecular flexibility index (Phi) is 7.34. The average Bonchev–Trinajstić information content (AvgIpc) is 3.72. The standard InChI is InChI=1S/C20H22F2N11O9PS2/c21-8-12-6(39-18(8)33-5-28-11-16(33)30-20(24)31-17(11)34)1-29-45(36,37)42-13-7(2-38-43(35,44)41-12)40-19(9(13)22)32-4-27-10-14(23)25-3-26-15(10)32/h3-9,12-13,18-19,29H,1-2H2,(H,35,44)(H2,23,25,26)(H3,24,30,31,34)/t6-,7-,8-,9-,12-,13-,18-,19-,43?/m1/s1. The van der Waals surface area contributed by atoms with Gasteiger partial charge in [-0.25, -0.2) is 32.9 Å². The highest BCUT2D eigenvalue weighted by atomic mass is 32.5. The number of alkyl halides is 2. The van der Waals surface area contributed by atoms with Crippen molar-refractivity contribution in [2.75, 3.05) is 24.6 Å². The van der Waals surface area contributed by atoms with Crippen LogP contribution in [0.3, 0.4) is 0 Å². The number of nitrogens with one attached hydrogen (secondary N) is 2. The van der Waals surface area contributed by atoms with Gasteiger partial charge in [0.25, 0.3) is 5.56 Å². The molecule has 0 radical (unpaired) electrons. The van der Waals surface area contributed by atoms with Crippen LogP contribution in [-0.2, 0) is 44.8 Å². The fourth-order valence-corrected chi connectivity index (χ4v) is 7.67. The first-order valence-corrected chi connectivity index (χ1v) is 16.9. The van der Waals surface area contributed by atoms with Crippen molar-refractivity contribution in [2.45, 2.75) is 49.2 Å². The Morgan fingerprint density at radius 3 is 2.42 bits per heavy atom. The van der Waals surface area contributed by atoms with E-state index >= 15 is 8.78 Å². The van der Waals surface area contributed by atoms with Gasteiger partial charge in [-0.3, -0.25) is 23.4 Å². The predicted octanol–water partition coefficient (Wildman–Crippen LogP) is -1.55. The molecule has 4 aromatic rings. The second-order valence-corrected chi connectivity index (χ2v) is 14.3. The number of rotatable bonds is 2. The number of hydrogen-bond acceptors (Lipinski definition) is 16. The fraction of sp³-hybridized carbons (Fsp3) is 0.500. The van der Waals surface area contributed by atoms with Crippen molar-refractivity contribution in [3.05, 3.63) is 29.3 Å². The van der Waals surface area contributed by atoms with Gasteiger partial charge in [0.15, 0.2) is 47.4 Å². The van der Waals surface area contributed by atoms with E-state index in [4.69, 9.17) is 46.0 Å². The third-order valence-corrected chi connectivity index (χ3v) is 9.83. The van der Waals surface area contributed by atoms with Crippen LogP contribution in [0.15, 0.2) is 23.8 Å². The second kappa shape index (κ2) is 10.9. The van der Waals surface area contributed by atoms with E-state index in [-0.39, 0.29) is 34.1 Å². The van der Waals surface area contributed by atoms with Gasteiger partial charge < -0.3 is 30.4 Å². The van der Waals surface area contributed by atoms with Gasteiger partial charge in [-0.15, -0.1) is 0 Å². The van der Waals surface area contributed by atoms with Crippen molar-refractivity contribution in [3.8, 4) is 0 Å². The Hall–Kier alpha value is -3.32. The minimum Gasteiger partial charge on any atom is -0.382 e. The van der Waals surface area contributed by atoms with Crippen molar-refractivity contribution >= 4 is 62.9 Å². The summed E-state index contributed by atoms with van der Waals surface area (Å²) in [6.45, 7) is -5.76. The summed E-state index contributed by atoms with van der Waals surface area (Å²) < 4.78 is 89.7. The van der Waals surface area contributed by atoms with E-state index in [0.717, 1.165) is 17.2 Å². The maximum atomic E-state index is 16.0. The second-order valence-electron chi connectivity index (χ2n) is 10.1. The van der Waals surface area contributed by atoms with Crippen molar-refractivity contribution < 1.29 is 44.8 Å². The van der Waals surface area contributed by atoms with E-state index in [9.17, 15) is 18.1 Å². The predicted molar refractivity (Wildman–Crippen MR) is 149 cm³/mol. The summed E-state index contributed by atoms with van der Waals surface area (Å²) in [5.41, 5.74) is 10.6. The fourth-order valence-electron chi connectivity index (χ4n) is 5.28. The maximum Gasteiger partial charge on any atom is 0.336 e. The number of ether oxygens (including phenoxy) is 2. The zero-order valence-electron chi connectivity index (χ0n) is 22.3. The molecule has 25 heteroatoms. The molecule has 0 saturated carbocycles. The molecule has 9 atom stereocenters. The highest BCUT2D eigenvalue weighted by molar-refractivity contribution is 8.07. The van der Waals surface area contributed by atoms with E-state index in [1.807, 2.05) is 0 Å². The molecular formula is C20H22F2N11O9PS2. The number of halogens is 2.